The van der Waals surface area contributed by atoms with Gasteiger partial charge in [-0.1, -0.05) is 0 Å². The molecule has 17 heavy (non-hydrogen) atoms. The first-order chi connectivity index (χ1) is 8.34. The van der Waals surface area contributed by atoms with Crippen LogP contribution in [0.4, 0.5) is 0 Å². The Hall–Kier alpha value is -1.71. The van der Waals surface area contributed by atoms with E-state index in [0.29, 0.717) is 6.04 Å². The highest BCUT2D eigenvalue weighted by Gasteiger charge is 2.23. The van der Waals surface area contributed by atoms with Gasteiger partial charge in [0.05, 0.1) is 5.69 Å². The third-order valence-electron chi connectivity index (χ3n) is 3.47. The van der Waals surface area contributed by atoms with Gasteiger partial charge in [-0.2, -0.15) is 0 Å². The molecule has 4 nitrogen and oxygen atoms in total. The lowest BCUT2D eigenvalue weighted by molar-refractivity contribution is 0.340. The zero-order chi connectivity index (χ0) is 11.7. The molecular weight excluding hydrogens is 212 g/mol. The first kappa shape index (κ1) is 10.4. The molecule has 1 unspecified atom stereocenters. The molecule has 88 valence electrons. The van der Waals surface area contributed by atoms with Gasteiger partial charge in [-0.15, -0.1) is 0 Å². The van der Waals surface area contributed by atoms with Gasteiger partial charge in [0.25, 0.3) is 0 Å². The maximum absolute atomic E-state index is 4.56. The van der Waals surface area contributed by atoms with Crippen molar-refractivity contribution in [1.82, 2.24) is 14.9 Å². The summed E-state index contributed by atoms with van der Waals surface area (Å²) in [5.74, 6) is 1.05. The smallest absolute Gasteiger partial charge is 0.130 e. The molecule has 1 fully saturated rings. The molecule has 1 aromatic heterocycles. The Kier molecular flexibility index (Phi) is 2.63. The molecule has 0 radical (unpaired) electrons. The fourth-order valence-corrected chi connectivity index (χ4v) is 2.48. The Labute approximate surface area is 101 Å². The average Bonchev–Trinajstić information content (AvgIpc) is 2.65. The molecule has 1 aromatic rings. The number of nitrogens with zero attached hydrogens (tertiary/aromatic N) is 4. The van der Waals surface area contributed by atoms with Crippen molar-refractivity contribution in [2.24, 2.45) is 4.99 Å². The predicted molar refractivity (Wildman–Crippen MR) is 67.6 cm³/mol. The van der Waals surface area contributed by atoms with Crippen molar-refractivity contribution < 1.29 is 0 Å². The van der Waals surface area contributed by atoms with Crippen LogP contribution in [0.2, 0.25) is 0 Å². The molecule has 4 heteroatoms. The number of likely N-dealkylation sites (tertiary alicyclic amines) is 1. The minimum atomic E-state index is 0.585. The summed E-state index contributed by atoms with van der Waals surface area (Å²) in [7, 11) is 0. The van der Waals surface area contributed by atoms with Crippen LogP contribution in [0.1, 0.15) is 31.0 Å². The maximum atomic E-state index is 4.56. The van der Waals surface area contributed by atoms with Crippen LogP contribution in [-0.2, 0) is 6.42 Å². The first-order valence-corrected chi connectivity index (χ1v) is 6.14. The maximum Gasteiger partial charge on any atom is 0.130 e. The molecular formula is C13H16N4. The van der Waals surface area contributed by atoms with Crippen LogP contribution >= 0.6 is 0 Å². The highest BCUT2D eigenvalue weighted by molar-refractivity contribution is 5.70. The van der Waals surface area contributed by atoms with Crippen molar-refractivity contribution in [3.05, 3.63) is 29.6 Å². The highest BCUT2D eigenvalue weighted by atomic mass is 15.2. The second-order valence-corrected chi connectivity index (χ2v) is 4.64. The molecule has 1 saturated heterocycles. The van der Waals surface area contributed by atoms with Crippen molar-refractivity contribution in [1.29, 1.82) is 0 Å². The average molecular weight is 228 g/mol. The third kappa shape index (κ3) is 1.95. The van der Waals surface area contributed by atoms with Crippen LogP contribution in [-0.4, -0.2) is 33.7 Å². The molecule has 1 atom stereocenters. The second-order valence-electron chi connectivity index (χ2n) is 4.64. The van der Waals surface area contributed by atoms with Crippen molar-refractivity contribution in [2.45, 2.75) is 32.2 Å². The third-order valence-corrected chi connectivity index (χ3v) is 3.47. The van der Waals surface area contributed by atoms with Crippen LogP contribution in [0.3, 0.4) is 0 Å². The minimum Gasteiger partial charge on any atom is -0.354 e. The normalized spacial score (nSPS) is 23.2. The van der Waals surface area contributed by atoms with Crippen molar-refractivity contribution in [2.75, 3.05) is 6.54 Å². The summed E-state index contributed by atoms with van der Waals surface area (Å²) in [5.41, 5.74) is 2.16. The Balaban J connectivity index is 1.98. The molecule has 0 bridgehead atoms. The monoisotopic (exact) mass is 228 g/mol. The fraction of sp³-hybridized carbons (Fsp3) is 0.462. The van der Waals surface area contributed by atoms with E-state index in [9.17, 15) is 0 Å². The van der Waals surface area contributed by atoms with E-state index in [0.717, 1.165) is 30.0 Å². The van der Waals surface area contributed by atoms with Crippen LogP contribution in [0.5, 0.6) is 0 Å². The lowest BCUT2D eigenvalue weighted by Gasteiger charge is -2.23. The molecule has 0 amide bonds. The van der Waals surface area contributed by atoms with E-state index in [4.69, 9.17) is 0 Å². The van der Waals surface area contributed by atoms with Gasteiger partial charge in [-0.25, -0.2) is 15.0 Å². The molecule has 0 spiro atoms. The largest absolute Gasteiger partial charge is 0.354 e. The molecule has 2 aliphatic heterocycles. The number of aromatic nitrogens is 2. The summed E-state index contributed by atoms with van der Waals surface area (Å²) in [6, 6.07) is 0.585. The minimum absolute atomic E-state index is 0.585. The Morgan fingerprint density at radius 3 is 3.18 bits per heavy atom. The number of fused-ring (bicyclic) bond motifs is 1. The molecule has 0 saturated carbocycles. The summed E-state index contributed by atoms with van der Waals surface area (Å²) >= 11 is 0. The van der Waals surface area contributed by atoms with Gasteiger partial charge in [-0.05, 0) is 19.8 Å². The standard InChI is InChI=1S/C13H16N4/c1-10-3-2-6-17(10)13-7-12-11(4-5-15-13)8-14-9-16-12/h5,7-10H,2-4,6H2,1H3. The summed E-state index contributed by atoms with van der Waals surface area (Å²) in [4.78, 5) is 15.3. The SMILES string of the molecule is CC1CCCN1C1=Cc2ncncc2CC=N1. The zero-order valence-electron chi connectivity index (χ0n) is 10.0. The van der Waals surface area contributed by atoms with E-state index in [1.807, 2.05) is 12.4 Å². The first-order valence-electron chi connectivity index (χ1n) is 6.14. The Bertz CT molecular complexity index is 478. The highest BCUT2D eigenvalue weighted by Crippen LogP contribution is 2.25. The summed E-state index contributed by atoms with van der Waals surface area (Å²) in [5, 5.41) is 0. The second kappa shape index (κ2) is 4.28. The molecule has 0 aliphatic carbocycles. The summed E-state index contributed by atoms with van der Waals surface area (Å²) in [6.45, 7) is 3.36. The van der Waals surface area contributed by atoms with E-state index in [1.165, 1.54) is 12.8 Å². The number of hydrogen-bond donors (Lipinski definition) is 0. The van der Waals surface area contributed by atoms with E-state index >= 15 is 0 Å². The zero-order valence-corrected chi connectivity index (χ0v) is 10.0. The van der Waals surface area contributed by atoms with Crippen molar-refractivity contribution >= 4 is 12.3 Å². The summed E-state index contributed by atoms with van der Waals surface area (Å²) < 4.78 is 0. The van der Waals surface area contributed by atoms with Gasteiger partial charge in [0, 0.05) is 43.1 Å². The van der Waals surface area contributed by atoms with E-state index in [1.54, 1.807) is 6.33 Å². The van der Waals surface area contributed by atoms with Gasteiger partial charge in [0.2, 0.25) is 0 Å². The van der Waals surface area contributed by atoms with E-state index < -0.39 is 0 Å². The van der Waals surface area contributed by atoms with Gasteiger partial charge >= 0.3 is 0 Å². The predicted octanol–water partition coefficient (Wildman–Crippen LogP) is 1.89. The van der Waals surface area contributed by atoms with Gasteiger partial charge < -0.3 is 4.90 Å². The van der Waals surface area contributed by atoms with E-state index in [-0.39, 0.29) is 0 Å². The molecule has 0 aromatic carbocycles. The quantitative estimate of drug-likeness (QED) is 0.737. The molecule has 3 rings (SSSR count). The fourth-order valence-electron chi connectivity index (χ4n) is 2.48. The Morgan fingerprint density at radius 1 is 1.41 bits per heavy atom. The molecule has 0 N–H and O–H groups in total. The van der Waals surface area contributed by atoms with Gasteiger partial charge in [0.15, 0.2) is 0 Å². The van der Waals surface area contributed by atoms with Crippen molar-refractivity contribution in [3.8, 4) is 0 Å². The molecule has 2 aliphatic rings. The van der Waals surface area contributed by atoms with Gasteiger partial charge in [-0.3, -0.25) is 0 Å². The van der Waals surface area contributed by atoms with E-state index in [2.05, 4.69) is 32.9 Å². The number of hydrogen-bond acceptors (Lipinski definition) is 4. The van der Waals surface area contributed by atoms with Crippen LogP contribution in [0.15, 0.2) is 23.3 Å². The van der Waals surface area contributed by atoms with Crippen LogP contribution < -0.4 is 0 Å². The number of rotatable bonds is 1. The number of aliphatic imine (C=N–C) groups is 1. The molecule has 3 heterocycles. The van der Waals surface area contributed by atoms with Crippen molar-refractivity contribution in [3.63, 3.8) is 0 Å². The Morgan fingerprint density at radius 2 is 2.35 bits per heavy atom. The van der Waals surface area contributed by atoms with Crippen LogP contribution in [0, 0.1) is 0 Å². The van der Waals surface area contributed by atoms with Gasteiger partial charge in [0.1, 0.15) is 12.1 Å². The lowest BCUT2D eigenvalue weighted by Crippen LogP contribution is -2.25. The van der Waals surface area contributed by atoms with Crippen LogP contribution in [0.25, 0.3) is 6.08 Å². The lowest BCUT2D eigenvalue weighted by atomic mass is 10.2. The summed E-state index contributed by atoms with van der Waals surface area (Å²) in [6.07, 6.45) is 10.9. The topological polar surface area (TPSA) is 41.4 Å².